The Hall–Kier alpha value is -3.11. The minimum Gasteiger partial charge on any atom is -0.367 e. The standard InChI is InChI=1S/C26H29N3O/c1-2-28-16-18-29(19-17-28)25-11-7-6-10-24(25)27-26(30)20-21-12-14-23(15-13-21)22-8-4-3-5-9-22/h3-15H,2,16-20H2,1H3,(H,27,30). The van der Waals surface area contributed by atoms with Crippen LogP contribution < -0.4 is 10.2 Å². The number of carbonyl (C=O) groups excluding carboxylic acids is 1. The van der Waals surface area contributed by atoms with E-state index in [9.17, 15) is 4.79 Å². The molecule has 1 amide bonds. The lowest BCUT2D eigenvalue weighted by molar-refractivity contribution is -0.115. The van der Waals surface area contributed by atoms with Crippen LogP contribution in [0.4, 0.5) is 11.4 Å². The first kappa shape index (κ1) is 20.2. The zero-order valence-corrected chi connectivity index (χ0v) is 17.6. The van der Waals surface area contributed by atoms with Crippen molar-refractivity contribution in [3.05, 3.63) is 84.4 Å². The van der Waals surface area contributed by atoms with Crippen molar-refractivity contribution in [3.8, 4) is 11.1 Å². The average Bonchev–Trinajstić information content (AvgIpc) is 2.80. The SMILES string of the molecule is CCN1CCN(c2ccccc2NC(=O)Cc2ccc(-c3ccccc3)cc2)CC1. The van der Waals surface area contributed by atoms with Gasteiger partial charge in [0.1, 0.15) is 0 Å². The molecule has 0 aromatic heterocycles. The van der Waals surface area contributed by atoms with Crippen LogP contribution in [-0.2, 0) is 11.2 Å². The molecule has 0 bridgehead atoms. The number of hydrogen-bond acceptors (Lipinski definition) is 3. The average molecular weight is 400 g/mol. The van der Waals surface area contributed by atoms with Crippen molar-refractivity contribution in [2.24, 2.45) is 0 Å². The fourth-order valence-electron chi connectivity index (χ4n) is 3.99. The van der Waals surface area contributed by atoms with Crippen LogP contribution in [0.1, 0.15) is 12.5 Å². The summed E-state index contributed by atoms with van der Waals surface area (Å²) in [6.45, 7) is 7.40. The van der Waals surface area contributed by atoms with Gasteiger partial charge in [0.05, 0.1) is 17.8 Å². The molecule has 3 aromatic carbocycles. The van der Waals surface area contributed by atoms with Crippen LogP contribution in [0.3, 0.4) is 0 Å². The second-order valence-corrected chi connectivity index (χ2v) is 7.73. The minimum absolute atomic E-state index is 0.0158. The van der Waals surface area contributed by atoms with Gasteiger partial charge >= 0.3 is 0 Å². The molecule has 0 unspecified atom stereocenters. The van der Waals surface area contributed by atoms with E-state index in [1.807, 2.05) is 48.5 Å². The normalized spacial score (nSPS) is 14.5. The first-order valence-electron chi connectivity index (χ1n) is 10.7. The Bertz CT molecular complexity index is 961. The summed E-state index contributed by atoms with van der Waals surface area (Å²) in [5.41, 5.74) is 5.37. The molecule has 154 valence electrons. The zero-order chi connectivity index (χ0) is 20.8. The fraction of sp³-hybridized carbons (Fsp3) is 0.269. The van der Waals surface area contributed by atoms with E-state index in [0.717, 1.165) is 55.2 Å². The Morgan fingerprint density at radius 2 is 1.43 bits per heavy atom. The third-order valence-corrected chi connectivity index (χ3v) is 5.76. The van der Waals surface area contributed by atoms with E-state index in [2.05, 4.69) is 52.4 Å². The Balaban J connectivity index is 1.40. The van der Waals surface area contributed by atoms with E-state index in [1.165, 1.54) is 5.56 Å². The molecule has 0 saturated carbocycles. The van der Waals surface area contributed by atoms with Crippen LogP contribution in [0.5, 0.6) is 0 Å². The number of piperazine rings is 1. The van der Waals surface area contributed by atoms with Crippen LogP contribution in [0.2, 0.25) is 0 Å². The number of amides is 1. The first-order valence-corrected chi connectivity index (χ1v) is 10.7. The fourth-order valence-corrected chi connectivity index (χ4v) is 3.99. The van der Waals surface area contributed by atoms with E-state index in [1.54, 1.807) is 0 Å². The van der Waals surface area contributed by atoms with E-state index >= 15 is 0 Å². The molecule has 0 atom stereocenters. The van der Waals surface area contributed by atoms with Crippen molar-refractivity contribution in [3.63, 3.8) is 0 Å². The predicted molar refractivity (Wildman–Crippen MR) is 125 cm³/mol. The van der Waals surface area contributed by atoms with Gasteiger partial charge in [-0.05, 0) is 35.4 Å². The van der Waals surface area contributed by atoms with E-state index in [4.69, 9.17) is 0 Å². The highest BCUT2D eigenvalue weighted by molar-refractivity contribution is 5.95. The molecule has 1 heterocycles. The predicted octanol–water partition coefficient (Wildman–Crippen LogP) is 4.68. The van der Waals surface area contributed by atoms with Gasteiger partial charge in [-0.15, -0.1) is 0 Å². The van der Waals surface area contributed by atoms with Crippen molar-refractivity contribution >= 4 is 17.3 Å². The van der Waals surface area contributed by atoms with Gasteiger partial charge in [0.25, 0.3) is 0 Å². The molecule has 4 nitrogen and oxygen atoms in total. The molecule has 1 N–H and O–H groups in total. The second kappa shape index (κ2) is 9.59. The molecule has 0 spiro atoms. The number of benzene rings is 3. The number of carbonyl (C=O) groups is 1. The van der Waals surface area contributed by atoms with Gasteiger partial charge in [-0.1, -0.05) is 73.7 Å². The molecule has 0 aliphatic carbocycles. The maximum Gasteiger partial charge on any atom is 0.228 e. The number of para-hydroxylation sites is 2. The minimum atomic E-state index is 0.0158. The molecule has 30 heavy (non-hydrogen) atoms. The van der Waals surface area contributed by atoms with Crippen LogP contribution >= 0.6 is 0 Å². The summed E-state index contributed by atoms with van der Waals surface area (Å²) in [6, 6.07) is 26.7. The summed E-state index contributed by atoms with van der Waals surface area (Å²) in [6.07, 6.45) is 0.368. The highest BCUT2D eigenvalue weighted by Crippen LogP contribution is 2.27. The third kappa shape index (κ3) is 4.89. The molecule has 1 aliphatic heterocycles. The monoisotopic (exact) mass is 399 g/mol. The quantitative estimate of drug-likeness (QED) is 0.654. The van der Waals surface area contributed by atoms with E-state index in [0.29, 0.717) is 6.42 Å². The molecule has 1 aliphatic rings. The Kier molecular flexibility index (Phi) is 6.45. The van der Waals surface area contributed by atoms with Crippen molar-refractivity contribution in [1.29, 1.82) is 0 Å². The van der Waals surface area contributed by atoms with Crippen LogP contribution in [0, 0.1) is 0 Å². The molecule has 3 aromatic rings. The third-order valence-electron chi connectivity index (χ3n) is 5.76. The number of hydrogen-bond donors (Lipinski definition) is 1. The van der Waals surface area contributed by atoms with Gasteiger partial charge in [-0.2, -0.15) is 0 Å². The number of nitrogens with one attached hydrogen (secondary N) is 1. The summed E-state index contributed by atoms with van der Waals surface area (Å²) >= 11 is 0. The topological polar surface area (TPSA) is 35.6 Å². The van der Waals surface area contributed by atoms with Crippen LogP contribution in [0.15, 0.2) is 78.9 Å². The van der Waals surface area contributed by atoms with Crippen molar-refractivity contribution in [1.82, 2.24) is 4.90 Å². The van der Waals surface area contributed by atoms with Gasteiger partial charge < -0.3 is 15.1 Å². The Labute approximate surface area is 179 Å². The lowest BCUT2D eigenvalue weighted by Gasteiger charge is -2.36. The summed E-state index contributed by atoms with van der Waals surface area (Å²) < 4.78 is 0. The van der Waals surface area contributed by atoms with Crippen molar-refractivity contribution in [2.75, 3.05) is 42.9 Å². The molecular formula is C26H29N3O. The molecule has 4 heteroatoms. The molecule has 0 radical (unpaired) electrons. The molecule has 1 saturated heterocycles. The van der Waals surface area contributed by atoms with Gasteiger partial charge in [-0.3, -0.25) is 4.79 Å². The van der Waals surface area contributed by atoms with Crippen molar-refractivity contribution in [2.45, 2.75) is 13.3 Å². The number of anilines is 2. The lowest BCUT2D eigenvalue weighted by atomic mass is 10.0. The Morgan fingerprint density at radius 1 is 0.800 bits per heavy atom. The molecule has 1 fully saturated rings. The van der Waals surface area contributed by atoms with Crippen LogP contribution in [-0.4, -0.2) is 43.5 Å². The van der Waals surface area contributed by atoms with E-state index < -0.39 is 0 Å². The highest BCUT2D eigenvalue weighted by Gasteiger charge is 2.18. The number of nitrogens with zero attached hydrogens (tertiary/aromatic N) is 2. The first-order chi connectivity index (χ1) is 14.7. The van der Waals surface area contributed by atoms with Gasteiger partial charge in [0, 0.05) is 26.2 Å². The summed E-state index contributed by atoms with van der Waals surface area (Å²) in [5.74, 6) is 0.0158. The summed E-state index contributed by atoms with van der Waals surface area (Å²) in [7, 11) is 0. The maximum absolute atomic E-state index is 12.7. The molecule has 4 rings (SSSR count). The summed E-state index contributed by atoms with van der Waals surface area (Å²) in [5, 5.41) is 3.13. The zero-order valence-electron chi connectivity index (χ0n) is 17.6. The molecular weight excluding hydrogens is 370 g/mol. The number of rotatable bonds is 6. The van der Waals surface area contributed by atoms with E-state index in [-0.39, 0.29) is 5.91 Å². The smallest absolute Gasteiger partial charge is 0.228 e. The summed E-state index contributed by atoms with van der Waals surface area (Å²) in [4.78, 5) is 17.6. The lowest BCUT2D eigenvalue weighted by Crippen LogP contribution is -2.46. The van der Waals surface area contributed by atoms with Gasteiger partial charge in [-0.25, -0.2) is 0 Å². The number of likely N-dealkylation sites (N-methyl/N-ethyl adjacent to an activating group) is 1. The highest BCUT2D eigenvalue weighted by atomic mass is 16.1. The largest absolute Gasteiger partial charge is 0.367 e. The second-order valence-electron chi connectivity index (χ2n) is 7.73. The van der Waals surface area contributed by atoms with Crippen molar-refractivity contribution < 1.29 is 4.79 Å². The van der Waals surface area contributed by atoms with Crippen LogP contribution in [0.25, 0.3) is 11.1 Å². The maximum atomic E-state index is 12.7. The van der Waals surface area contributed by atoms with Gasteiger partial charge in [0.2, 0.25) is 5.91 Å². The van der Waals surface area contributed by atoms with Gasteiger partial charge in [0.15, 0.2) is 0 Å². The Morgan fingerprint density at radius 3 is 2.13 bits per heavy atom.